The van der Waals surface area contributed by atoms with E-state index in [1.54, 1.807) is 16.9 Å². The summed E-state index contributed by atoms with van der Waals surface area (Å²) in [6, 6.07) is 7.59. The maximum absolute atomic E-state index is 12.3. The van der Waals surface area contributed by atoms with Crippen LogP contribution in [0.3, 0.4) is 0 Å². The molecule has 1 aliphatic rings. The molecule has 2 rings (SSSR count). The number of piperazine rings is 1. The summed E-state index contributed by atoms with van der Waals surface area (Å²) in [7, 11) is 1.63. The van der Waals surface area contributed by atoms with E-state index in [1.807, 2.05) is 31.2 Å². The molecule has 140 valence electrons. The normalized spacial score (nSPS) is 14.0. The zero-order chi connectivity index (χ0) is 17.4. The van der Waals surface area contributed by atoms with E-state index in [2.05, 4.69) is 10.6 Å². The molecule has 2 N–H and O–H groups in total. The number of amides is 3. The second-order valence-electron chi connectivity index (χ2n) is 5.84. The molecule has 0 radical (unpaired) electrons. The van der Waals surface area contributed by atoms with Gasteiger partial charge in [-0.15, -0.1) is 12.4 Å². The maximum atomic E-state index is 12.3. The number of rotatable bonds is 6. The number of halogens is 1. The lowest BCUT2D eigenvalue weighted by Crippen LogP contribution is -2.53. The molecule has 1 saturated heterocycles. The molecule has 0 aromatic heterocycles. The molecule has 0 saturated carbocycles. The maximum Gasteiger partial charge on any atom is 0.321 e. The van der Waals surface area contributed by atoms with Crippen molar-refractivity contribution in [3.63, 3.8) is 0 Å². The molecule has 0 aliphatic carbocycles. The van der Waals surface area contributed by atoms with E-state index in [0.29, 0.717) is 45.9 Å². The largest absolute Gasteiger partial charge is 0.383 e. The van der Waals surface area contributed by atoms with Gasteiger partial charge in [-0.3, -0.25) is 4.79 Å². The highest BCUT2D eigenvalue weighted by Gasteiger charge is 2.23. The highest BCUT2D eigenvalue weighted by Crippen LogP contribution is 2.11. The zero-order valence-electron chi connectivity index (χ0n) is 14.8. The summed E-state index contributed by atoms with van der Waals surface area (Å²) in [5.74, 6) is 0.0600. The van der Waals surface area contributed by atoms with Gasteiger partial charge in [-0.25, -0.2) is 4.79 Å². The van der Waals surface area contributed by atoms with Crippen molar-refractivity contribution in [3.05, 3.63) is 29.8 Å². The van der Waals surface area contributed by atoms with Gasteiger partial charge >= 0.3 is 6.03 Å². The molecule has 1 aliphatic heterocycles. The molecular weight excluding hydrogens is 344 g/mol. The van der Waals surface area contributed by atoms with Crippen molar-refractivity contribution in [1.29, 1.82) is 0 Å². The molecule has 1 aromatic carbocycles. The van der Waals surface area contributed by atoms with Gasteiger partial charge in [-0.2, -0.15) is 0 Å². The number of nitrogens with one attached hydrogen (secondary N) is 2. The van der Waals surface area contributed by atoms with Crippen LogP contribution in [0.5, 0.6) is 0 Å². The van der Waals surface area contributed by atoms with E-state index in [9.17, 15) is 9.59 Å². The Bertz CT molecular complexity index is 563. The van der Waals surface area contributed by atoms with Crippen LogP contribution in [0.25, 0.3) is 0 Å². The zero-order valence-corrected chi connectivity index (χ0v) is 15.6. The summed E-state index contributed by atoms with van der Waals surface area (Å²) in [6.07, 6.45) is 0. The Morgan fingerprint density at radius 2 is 1.84 bits per heavy atom. The van der Waals surface area contributed by atoms with Gasteiger partial charge in [-0.05, 0) is 24.6 Å². The molecule has 8 heteroatoms. The number of anilines is 1. The summed E-state index contributed by atoms with van der Waals surface area (Å²) in [5, 5.41) is 5.95. The molecular formula is C17H27ClN4O3. The van der Waals surface area contributed by atoms with Crippen LogP contribution in [-0.2, 0) is 9.53 Å². The minimum absolute atomic E-state index is 0. The molecule has 0 spiro atoms. The molecule has 1 aromatic rings. The summed E-state index contributed by atoms with van der Waals surface area (Å²) < 4.78 is 4.93. The van der Waals surface area contributed by atoms with Crippen molar-refractivity contribution in [3.8, 4) is 0 Å². The summed E-state index contributed by atoms with van der Waals surface area (Å²) in [4.78, 5) is 27.9. The van der Waals surface area contributed by atoms with Gasteiger partial charge in [0.05, 0.1) is 13.2 Å². The Morgan fingerprint density at radius 1 is 1.16 bits per heavy atom. The second-order valence-corrected chi connectivity index (χ2v) is 5.84. The van der Waals surface area contributed by atoms with E-state index in [1.165, 1.54) is 0 Å². The number of carbonyl (C=O) groups is 2. The van der Waals surface area contributed by atoms with Crippen molar-refractivity contribution in [2.24, 2.45) is 0 Å². The Hall–Kier alpha value is -1.83. The lowest BCUT2D eigenvalue weighted by molar-refractivity contribution is -0.131. The number of urea groups is 1. The third-order valence-electron chi connectivity index (χ3n) is 3.95. The minimum atomic E-state index is -0.120. The smallest absolute Gasteiger partial charge is 0.321 e. The van der Waals surface area contributed by atoms with E-state index in [0.717, 1.165) is 11.3 Å². The third kappa shape index (κ3) is 6.89. The Labute approximate surface area is 155 Å². The number of aryl methyl sites for hydroxylation is 1. The number of ether oxygens (including phenoxy) is 1. The highest BCUT2D eigenvalue weighted by molar-refractivity contribution is 5.89. The first kappa shape index (κ1) is 21.2. The standard InChI is InChI=1S/C17H26N4O3.ClH/c1-14-4-3-5-15(12-14)19-17(23)21-9-7-20(8-10-21)16(22)13-18-6-11-24-2;/h3-5,12,18H,6-11,13H2,1-2H3,(H,19,23);1H. The first-order valence-corrected chi connectivity index (χ1v) is 8.20. The quantitative estimate of drug-likeness (QED) is 0.741. The van der Waals surface area contributed by atoms with Gasteiger partial charge in [-0.1, -0.05) is 12.1 Å². The predicted octanol–water partition coefficient (Wildman–Crippen LogP) is 1.33. The van der Waals surface area contributed by atoms with E-state index >= 15 is 0 Å². The molecule has 1 fully saturated rings. The number of nitrogens with zero attached hydrogens (tertiary/aromatic N) is 2. The molecule has 1 heterocycles. The molecule has 3 amide bonds. The van der Waals surface area contributed by atoms with Crippen LogP contribution in [0, 0.1) is 6.92 Å². The van der Waals surface area contributed by atoms with Crippen molar-refractivity contribution in [2.75, 3.05) is 58.3 Å². The fourth-order valence-electron chi connectivity index (χ4n) is 2.57. The minimum Gasteiger partial charge on any atom is -0.383 e. The lowest BCUT2D eigenvalue weighted by atomic mass is 10.2. The summed E-state index contributed by atoms with van der Waals surface area (Å²) in [5.41, 5.74) is 1.89. The van der Waals surface area contributed by atoms with E-state index in [-0.39, 0.29) is 24.3 Å². The highest BCUT2D eigenvalue weighted by atomic mass is 35.5. The Morgan fingerprint density at radius 3 is 2.48 bits per heavy atom. The van der Waals surface area contributed by atoms with E-state index in [4.69, 9.17) is 4.74 Å². The van der Waals surface area contributed by atoms with Crippen LogP contribution in [-0.4, -0.2) is 74.7 Å². The number of hydrogen-bond donors (Lipinski definition) is 2. The van der Waals surface area contributed by atoms with Gasteiger partial charge in [0.2, 0.25) is 5.91 Å². The van der Waals surface area contributed by atoms with Gasteiger partial charge in [0.25, 0.3) is 0 Å². The average molecular weight is 371 g/mol. The molecule has 0 bridgehead atoms. The molecule has 0 unspecified atom stereocenters. The Balaban J connectivity index is 0.00000312. The third-order valence-corrected chi connectivity index (χ3v) is 3.95. The van der Waals surface area contributed by atoms with Crippen LogP contribution in [0.1, 0.15) is 5.56 Å². The Kier molecular flexibility index (Phi) is 9.26. The molecule has 0 atom stereocenters. The fraction of sp³-hybridized carbons (Fsp3) is 0.529. The predicted molar refractivity (Wildman–Crippen MR) is 100 cm³/mol. The summed E-state index contributed by atoms with van der Waals surface area (Å²) in [6.45, 7) is 5.74. The molecule has 25 heavy (non-hydrogen) atoms. The summed E-state index contributed by atoms with van der Waals surface area (Å²) >= 11 is 0. The number of hydrogen-bond acceptors (Lipinski definition) is 4. The first-order valence-electron chi connectivity index (χ1n) is 8.20. The van der Waals surface area contributed by atoms with Gasteiger partial charge < -0.3 is 25.2 Å². The second kappa shape index (κ2) is 10.9. The fourth-order valence-corrected chi connectivity index (χ4v) is 2.57. The van der Waals surface area contributed by atoms with Crippen LogP contribution in [0.4, 0.5) is 10.5 Å². The van der Waals surface area contributed by atoms with E-state index < -0.39 is 0 Å². The van der Waals surface area contributed by atoms with Crippen molar-refractivity contribution >= 4 is 30.0 Å². The SMILES string of the molecule is COCCNCC(=O)N1CCN(C(=O)Nc2cccc(C)c2)CC1.Cl. The average Bonchev–Trinajstić information content (AvgIpc) is 2.58. The van der Waals surface area contributed by atoms with Crippen LogP contribution < -0.4 is 10.6 Å². The lowest BCUT2D eigenvalue weighted by Gasteiger charge is -2.34. The van der Waals surface area contributed by atoms with Crippen molar-refractivity contribution in [2.45, 2.75) is 6.92 Å². The van der Waals surface area contributed by atoms with Crippen molar-refractivity contribution < 1.29 is 14.3 Å². The topological polar surface area (TPSA) is 73.9 Å². The first-order chi connectivity index (χ1) is 11.6. The number of carbonyl (C=O) groups excluding carboxylic acids is 2. The number of methoxy groups -OCH3 is 1. The van der Waals surface area contributed by atoms with Gasteiger partial charge in [0.15, 0.2) is 0 Å². The number of benzene rings is 1. The monoisotopic (exact) mass is 370 g/mol. The van der Waals surface area contributed by atoms with Crippen molar-refractivity contribution in [1.82, 2.24) is 15.1 Å². The van der Waals surface area contributed by atoms with Crippen LogP contribution >= 0.6 is 12.4 Å². The van der Waals surface area contributed by atoms with Gasteiger partial charge in [0, 0.05) is 45.5 Å². The van der Waals surface area contributed by atoms with Gasteiger partial charge in [0.1, 0.15) is 0 Å². The van der Waals surface area contributed by atoms with Crippen LogP contribution in [0.15, 0.2) is 24.3 Å². The molecule has 7 nitrogen and oxygen atoms in total. The van der Waals surface area contributed by atoms with Crippen LogP contribution in [0.2, 0.25) is 0 Å².